The quantitative estimate of drug-likeness (QED) is 0.741. The smallest absolute Gasteiger partial charge is 0.204 e. The molecule has 1 unspecified atom stereocenters. The molecule has 2 heterocycles. The van der Waals surface area contributed by atoms with Crippen LogP contribution in [0.1, 0.15) is 33.1 Å². The third-order valence-electron chi connectivity index (χ3n) is 4.27. The van der Waals surface area contributed by atoms with Crippen LogP contribution in [0, 0.1) is 0 Å². The maximum Gasteiger partial charge on any atom is 0.204 e. The van der Waals surface area contributed by atoms with Crippen molar-refractivity contribution < 1.29 is 9.47 Å². The van der Waals surface area contributed by atoms with Crippen LogP contribution in [0.5, 0.6) is 5.75 Å². The molecule has 0 amide bonds. The molecule has 1 atom stereocenters. The monoisotopic (exact) mass is 345 g/mol. The molecule has 0 radical (unpaired) electrons. The Morgan fingerprint density at radius 1 is 1.28 bits per heavy atom. The van der Waals surface area contributed by atoms with Gasteiger partial charge >= 0.3 is 0 Å². The van der Waals surface area contributed by atoms with Crippen molar-refractivity contribution in [3.63, 3.8) is 0 Å². The van der Waals surface area contributed by atoms with Crippen LogP contribution < -0.4 is 4.74 Å². The van der Waals surface area contributed by atoms with Gasteiger partial charge in [0.1, 0.15) is 5.75 Å². The molecule has 7 heteroatoms. The summed E-state index contributed by atoms with van der Waals surface area (Å²) in [6, 6.07) is 7.77. The van der Waals surface area contributed by atoms with Crippen molar-refractivity contribution in [2.75, 3.05) is 26.2 Å². The summed E-state index contributed by atoms with van der Waals surface area (Å²) in [7, 11) is 0. The number of H-pyrrole nitrogens is 1. The van der Waals surface area contributed by atoms with Crippen LogP contribution in [0.2, 0.25) is 0 Å². The standard InChI is InChI=1S/C18H27N5O2/c1-14(2)25-17-5-3-10-23(13-17)11-4-12-24-16-8-6-15(7-9-16)18-19-21-22-20-18/h6-9,14,17H,3-5,10-13H2,1-2H3,(H,19,20,21,22). The second-order valence-corrected chi connectivity index (χ2v) is 6.71. The van der Waals surface area contributed by atoms with Gasteiger partial charge in [-0.15, -0.1) is 10.2 Å². The first-order chi connectivity index (χ1) is 12.2. The number of benzene rings is 1. The van der Waals surface area contributed by atoms with Gasteiger partial charge in [-0.05, 0) is 69.1 Å². The Morgan fingerprint density at radius 2 is 2.12 bits per heavy atom. The lowest BCUT2D eigenvalue weighted by atomic mass is 10.1. The van der Waals surface area contributed by atoms with Crippen LogP contribution in [0.15, 0.2) is 24.3 Å². The van der Waals surface area contributed by atoms with E-state index < -0.39 is 0 Å². The molecule has 2 aromatic rings. The molecular weight excluding hydrogens is 318 g/mol. The zero-order chi connectivity index (χ0) is 17.5. The largest absolute Gasteiger partial charge is 0.494 e. The minimum atomic E-state index is 0.309. The summed E-state index contributed by atoms with van der Waals surface area (Å²) >= 11 is 0. The fourth-order valence-corrected chi connectivity index (χ4v) is 3.17. The van der Waals surface area contributed by atoms with E-state index in [1.165, 1.54) is 12.8 Å². The number of piperidine rings is 1. The Bertz CT molecular complexity index is 615. The molecule has 0 bridgehead atoms. The highest BCUT2D eigenvalue weighted by Crippen LogP contribution is 2.19. The molecule has 0 aliphatic carbocycles. The number of nitrogens with one attached hydrogen (secondary N) is 1. The summed E-state index contributed by atoms with van der Waals surface area (Å²) in [4.78, 5) is 2.49. The van der Waals surface area contributed by atoms with E-state index >= 15 is 0 Å². The zero-order valence-corrected chi connectivity index (χ0v) is 15.0. The normalized spacial score (nSPS) is 18.6. The van der Waals surface area contributed by atoms with Crippen molar-refractivity contribution in [3.8, 4) is 17.1 Å². The lowest BCUT2D eigenvalue weighted by molar-refractivity contribution is -0.0336. The van der Waals surface area contributed by atoms with Gasteiger partial charge in [0, 0.05) is 18.7 Å². The second-order valence-electron chi connectivity index (χ2n) is 6.71. The Hall–Kier alpha value is -1.99. The highest BCUT2D eigenvalue weighted by molar-refractivity contribution is 5.54. The molecule has 0 saturated carbocycles. The molecule has 3 rings (SSSR count). The predicted octanol–water partition coefficient (Wildman–Crippen LogP) is 2.53. The summed E-state index contributed by atoms with van der Waals surface area (Å²) in [5, 5.41) is 13.9. The number of nitrogens with zero attached hydrogens (tertiary/aromatic N) is 4. The number of tetrazole rings is 1. The molecule has 25 heavy (non-hydrogen) atoms. The fraction of sp³-hybridized carbons (Fsp3) is 0.611. The van der Waals surface area contributed by atoms with E-state index in [-0.39, 0.29) is 0 Å². The minimum Gasteiger partial charge on any atom is -0.494 e. The van der Waals surface area contributed by atoms with E-state index in [1.54, 1.807) is 0 Å². The van der Waals surface area contributed by atoms with E-state index in [9.17, 15) is 0 Å². The van der Waals surface area contributed by atoms with Gasteiger partial charge in [0.2, 0.25) is 5.82 Å². The number of hydrogen-bond acceptors (Lipinski definition) is 6. The summed E-state index contributed by atoms with van der Waals surface area (Å²) < 4.78 is 11.8. The van der Waals surface area contributed by atoms with Crippen LogP contribution in [0.3, 0.4) is 0 Å². The SMILES string of the molecule is CC(C)OC1CCCN(CCCOc2ccc(-c3nn[nH]n3)cc2)C1. The Labute approximate surface area is 148 Å². The summed E-state index contributed by atoms with van der Waals surface area (Å²) in [5.41, 5.74) is 0.922. The molecule has 1 aromatic heterocycles. The first-order valence-corrected chi connectivity index (χ1v) is 9.05. The zero-order valence-electron chi connectivity index (χ0n) is 15.0. The van der Waals surface area contributed by atoms with Crippen molar-refractivity contribution in [2.24, 2.45) is 0 Å². The molecule has 1 fully saturated rings. The summed E-state index contributed by atoms with van der Waals surface area (Å²) in [5.74, 6) is 1.46. The molecule has 7 nitrogen and oxygen atoms in total. The molecule has 1 aliphatic rings. The van der Waals surface area contributed by atoms with Crippen LogP contribution >= 0.6 is 0 Å². The van der Waals surface area contributed by atoms with Crippen molar-refractivity contribution in [2.45, 2.75) is 45.3 Å². The van der Waals surface area contributed by atoms with Gasteiger partial charge in [-0.3, -0.25) is 0 Å². The number of aromatic amines is 1. The molecule has 136 valence electrons. The van der Waals surface area contributed by atoms with Gasteiger partial charge in [0.15, 0.2) is 0 Å². The van der Waals surface area contributed by atoms with Crippen molar-refractivity contribution in [1.29, 1.82) is 0 Å². The minimum absolute atomic E-state index is 0.309. The van der Waals surface area contributed by atoms with Crippen LogP contribution in [-0.4, -0.2) is 64.0 Å². The van der Waals surface area contributed by atoms with Crippen LogP contribution in [-0.2, 0) is 4.74 Å². The second kappa shape index (κ2) is 8.92. The van der Waals surface area contributed by atoms with Gasteiger partial charge < -0.3 is 14.4 Å². The Kier molecular flexibility index (Phi) is 6.36. The lowest BCUT2D eigenvalue weighted by Gasteiger charge is -2.33. The average Bonchev–Trinajstić information content (AvgIpc) is 3.14. The van der Waals surface area contributed by atoms with Crippen molar-refractivity contribution >= 4 is 0 Å². The van der Waals surface area contributed by atoms with Gasteiger partial charge in [-0.25, -0.2) is 0 Å². The van der Waals surface area contributed by atoms with Crippen molar-refractivity contribution in [1.82, 2.24) is 25.5 Å². The van der Waals surface area contributed by atoms with E-state index in [0.29, 0.717) is 24.6 Å². The predicted molar refractivity (Wildman–Crippen MR) is 95.4 cm³/mol. The Morgan fingerprint density at radius 3 is 2.84 bits per heavy atom. The molecule has 1 aromatic carbocycles. The van der Waals surface area contributed by atoms with Gasteiger partial charge in [0.25, 0.3) is 0 Å². The summed E-state index contributed by atoms with van der Waals surface area (Å²) in [6.45, 7) is 8.19. The number of rotatable bonds is 8. The Balaban J connectivity index is 1.37. The number of hydrogen-bond donors (Lipinski definition) is 1. The average molecular weight is 345 g/mol. The van der Waals surface area contributed by atoms with E-state index in [1.807, 2.05) is 24.3 Å². The molecular formula is C18H27N5O2. The number of ether oxygens (including phenoxy) is 2. The maximum atomic E-state index is 5.95. The highest BCUT2D eigenvalue weighted by atomic mass is 16.5. The number of likely N-dealkylation sites (tertiary alicyclic amines) is 1. The highest BCUT2D eigenvalue weighted by Gasteiger charge is 2.20. The number of aromatic nitrogens is 4. The third kappa shape index (κ3) is 5.51. The van der Waals surface area contributed by atoms with Crippen LogP contribution in [0.4, 0.5) is 0 Å². The summed E-state index contributed by atoms with van der Waals surface area (Å²) in [6.07, 6.45) is 4.10. The molecule has 1 N–H and O–H groups in total. The van der Waals surface area contributed by atoms with E-state index in [0.717, 1.165) is 37.4 Å². The van der Waals surface area contributed by atoms with Gasteiger partial charge in [-0.2, -0.15) is 5.21 Å². The van der Waals surface area contributed by atoms with Gasteiger partial charge in [0.05, 0.1) is 18.8 Å². The van der Waals surface area contributed by atoms with E-state index in [2.05, 4.69) is 39.4 Å². The van der Waals surface area contributed by atoms with Gasteiger partial charge in [-0.1, -0.05) is 0 Å². The molecule has 1 saturated heterocycles. The van der Waals surface area contributed by atoms with Crippen LogP contribution in [0.25, 0.3) is 11.4 Å². The maximum absolute atomic E-state index is 5.95. The molecule has 0 spiro atoms. The lowest BCUT2D eigenvalue weighted by Crippen LogP contribution is -2.41. The topological polar surface area (TPSA) is 76.2 Å². The first kappa shape index (κ1) is 17.8. The fourth-order valence-electron chi connectivity index (χ4n) is 3.17. The molecule has 1 aliphatic heterocycles. The van der Waals surface area contributed by atoms with Crippen molar-refractivity contribution in [3.05, 3.63) is 24.3 Å². The third-order valence-corrected chi connectivity index (χ3v) is 4.27. The first-order valence-electron chi connectivity index (χ1n) is 9.05. The van der Waals surface area contributed by atoms with E-state index in [4.69, 9.17) is 9.47 Å².